The third kappa shape index (κ3) is 2.31. The second kappa shape index (κ2) is 4.08. The van der Waals surface area contributed by atoms with E-state index >= 15 is 0 Å². The van der Waals surface area contributed by atoms with E-state index in [1.54, 1.807) is 24.4 Å². The van der Waals surface area contributed by atoms with E-state index in [-0.39, 0.29) is 24.2 Å². The molecule has 0 bridgehead atoms. The van der Waals surface area contributed by atoms with Gasteiger partial charge in [0.15, 0.2) is 0 Å². The highest BCUT2D eigenvalue weighted by molar-refractivity contribution is 5.96. The number of pyridine rings is 1. The summed E-state index contributed by atoms with van der Waals surface area (Å²) in [6.07, 6.45) is 1.87. The fourth-order valence-corrected chi connectivity index (χ4v) is 1.46. The van der Waals surface area contributed by atoms with E-state index in [2.05, 4.69) is 15.6 Å². The summed E-state index contributed by atoms with van der Waals surface area (Å²) in [6.45, 7) is 0.414. The molecule has 0 saturated carbocycles. The fraction of sp³-hybridized carbons (Fsp3) is 0.300. The Morgan fingerprint density at radius 2 is 2.40 bits per heavy atom. The van der Waals surface area contributed by atoms with Gasteiger partial charge < -0.3 is 10.6 Å². The molecule has 2 N–H and O–H groups in total. The molecule has 2 amide bonds. The highest BCUT2D eigenvalue weighted by Gasteiger charge is 2.27. The standard InChI is InChI=1S/C10H11N3O2/c14-9-5-7(6-12-9)10(15)13-8-3-1-2-4-11-8/h1-4,7H,5-6H2,(H,12,14)(H,11,13,15). The average molecular weight is 205 g/mol. The second-order valence-electron chi connectivity index (χ2n) is 3.41. The number of anilines is 1. The van der Waals surface area contributed by atoms with Crippen LogP contribution in [0, 0.1) is 5.92 Å². The van der Waals surface area contributed by atoms with Crippen molar-refractivity contribution in [1.82, 2.24) is 10.3 Å². The van der Waals surface area contributed by atoms with Gasteiger partial charge in [0.2, 0.25) is 11.8 Å². The van der Waals surface area contributed by atoms with E-state index in [4.69, 9.17) is 0 Å². The summed E-state index contributed by atoms with van der Waals surface area (Å²) < 4.78 is 0. The highest BCUT2D eigenvalue weighted by Crippen LogP contribution is 2.11. The van der Waals surface area contributed by atoms with Crippen LogP contribution in [0.3, 0.4) is 0 Å². The molecule has 1 aromatic heterocycles. The Morgan fingerprint density at radius 3 is 3.00 bits per heavy atom. The molecule has 0 spiro atoms. The van der Waals surface area contributed by atoms with Crippen molar-refractivity contribution >= 4 is 17.6 Å². The topological polar surface area (TPSA) is 71.1 Å². The Morgan fingerprint density at radius 1 is 1.53 bits per heavy atom. The van der Waals surface area contributed by atoms with Crippen LogP contribution in [0.1, 0.15) is 6.42 Å². The summed E-state index contributed by atoms with van der Waals surface area (Å²) in [7, 11) is 0. The van der Waals surface area contributed by atoms with Crippen molar-refractivity contribution in [3.8, 4) is 0 Å². The lowest BCUT2D eigenvalue weighted by Crippen LogP contribution is -2.25. The van der Waals surface area contributed by atoms with Crippen molar-refractivity contribution in [3.63, 3.8) is 0 Å². The number of hydrogen-bond donors (Lipinski definition) is 2. The predicted molar refractivity (Wildman–Crippen MR) is 54.0 cm³/mol. The third-order valence-corrected chi connectivity index (χ3v) is 2.26. The first-order valence-electron chi connectivity index (χ1n) is 4.74. The number of aromatic nitrogens is 1. The van der Waals surface area contributed by atoms with Crippen LogP contribution in [0.5, 0.6) is 0 Å². The molecular formula is C10H11N3O2. The zero-order chi connectivity index (χ0) is 10.7. The molecule has 1 fully saturated rings. The molecular weight excluding hydrogens is 194 g/mol. The molecule has 0 radical (unpaired) electrons. The monoisotopic (exact) mass is 205 g/mol. The number of carbonyl (C=O) groups is 2. The molecule has 0 aliphatic carbocycles. The van der Waals surface area contributed by atoms with Crippen molar-refractivity contribution < 1.29 is 9.59 Å². The van der Waals surface area contributed by atoms with Crippen LogP contribution in [-0.2, 0) is 9.59 Å². The van der Waals surface area contributed by atoms with E-state index in [1.807, 2.05) is 0 Å². The Labute approximate surface area is 86.9 Å². The Balaban J connectivity index is 1.96. The molecule has 78 valence electrons. The van der Waals surface area contributed by atoms with Crippen LogP contribution >= 0.6 is 0 Å². The molecule has 0 aromatic carbocycles. The number of nitrogens with one attached hydrogen (secondary N) is 2. The van der Waals surface area contributed by atoms with Crippen LogP contribution in [0.2, 0.25) is 0 Å². The molecule has 1 atom stereocenters. The molecule has 1 unspecified atom stereocenters. The maximum atomic E-state index is 11.6. The third-order valence-electron chi connectivity index (χ3n) is 2.26. The van der Waals surface area contributed by atoms with Gasteiger partial charge in [-0.15, -0.1) is 0 Å². The summed E-state index contributed by atoms with van der Waals surface area (Å²) in [5.74, 6) is 0.00424. The zero-order valence-corrected chi connectivity index (χ0v) is 8.06. The van der Waals surface area contributed by atoms with Crippen LogP contribution < -0.4 is 10.6 Å². The van der Waals surface area contributed by atoms with E-state index in [0.29, 0.717) is 12.4 Å². The van der Waals surface area contributed by atoms with Crippen LogP contribution in [-0.4, -0.2) is 23.3 Å². The minimum absolute atomic E-state index is 0.0730. The van der Waals surface area contributed by atoms with E-state index in [1.165, 1.54) is 0 Å². The molecule has 2 heterocycles. The summed E-state index contributed by atoms with van der Waals surface area (Å²) in [5, 5.41) is 5.28. The van der Waals surface area contributed by atoms with Crippen LogP contribution in [0.15, 0.2) is 24.4 Å². The number of hydrogen-bond acceptors (Lipinski definition) is 3. The van der Waals surface area contributed by atoms with Crippen LogP contribution in [0.25, 0.3) is 0 Å². The first-order chi connectivity index (χ1) is 7.25. The van der Waals surface area contributed by atoms with Gasteiger partial charge in [0, 0.05) is 19.2 Å². The van der Waals surface area contributed by atoms with Crippen molar-refractivity contribution in [3.05, 3.63) is 24.4 Å². The highest BCUT2D eigenvalue weighted by atomic mass is 16.2. The lowest BCUT2D eigenvalue weighted by Gasteiger charge is -2.07. The zero-order valence-electron chi connectivity index (χ0n) is 8.06. The number of nitrogens with zero attached hydrogens (tertiary/aromatic N) is 1. The molecule has 1 aliphatic rings. The van der Waals surface area contributed by atoms with Crippen molar-refractivity contribution in [2.45, 2.75) is 6.42 Å². The molecule has 5 heteroatoms. The molecule has 1 aliphatic heterocycles. The van der Waals surface area contributed by atoms with Gasteiger partial charge in [-0.05, 0) is 12.1 Å². The molecule has 5 nitrogen and oxygen atoms in total. The predicted octanol–water partition coefficient (Wildman–Crippen LogP) is 0.156. The summed E-state index contributed by atoms with van der Waals surface area (Å²) >= 11 is 0. The Hall–Kier alpha value is -1.91. The summed E-state index contributed by atoms with van der Waals surface area (Å²) in [4.78, 5) is 26.5. The van der Waals surface area contributed by atoms with Gasteiger partial charge in [-0.25, -0.2) is 4.98 Å². The second-order valence-corrected chi connectivity index (χ2v) is 3.41. The first kappa shape index (κ1) is 9.64. The normalized spacial score (nSPS) is 19.7. The molecule has 1 saturated heterocycles. The van der Waals surface area contributed by atoms with Gasteiger partial charge in [-0.3, -0.25) is 9.59 Å². The summed E-state index contributed by atoms with van der Waals surface area (Å²) in [5.41, 5.74) is 0. The lowest BCUT2D eigenvalue weighted by atomic mass is 10.1. The van der Waals surface area contributed by atoms with Gasteiger partial charge in [-0.1, -0.05) is 6.07 Å². The smallest absolute Gasteiger partial charge is 0.230 e. The number of rotatable bonds is 2. The van der Waals surface area contributed by atoms with Gasteiger partial charge in [-0.2, -0.15) is 0 Å². The average Bonchev–Trinajstić information content (AvgIpc) is 2.66. The maximum absolute atomic E-state index is 11.6. The lowest BCUT2D eigenvalue weighted by molar-refractivity contribution is -0.123. The van der Waals surface area contributed by atoms with Crippen molar-refractivity contribution in [2.24, 2.45) is 5.92 Å². The molecule has 15 heavy (non-hydrogen) atoms. The summed E-state index contributed by atoms with van der Waals surface area (Å²) in [6, 6.07) is 5.28. The van der Waals surface area contributed by atoms with E-state index in [9.17, 15) is 9.59 Å². The first-order valence-corrected chi connectivity index (χ1v) is 4.74. The number of amides is 2. The van der Waals surface area contributed by atoms with Gasteiger partial charge in [0.05, 0.1) is 5.92 Å². The number of carbonyl (C=O) groups excluding carboxylic acids is 2. The van der Waals surface area contributed by atoms with Crippen LogP contribution in [0.4, 0.5) is 5.82 Å². The Kier molecular flexibility index (Phi) is 2.62. The minimum atomic E-state index is -0.278. The quantitative estimate of drug-likeness (QED) is 0.722. The largest absolute Gasteiger partial charge is 0.355 e. The Bertz CT molecular complexity index is 378. The minimum Gasteiger partial charge on any atom is -0.355 e. The van der Waals surface area contributed by atoms with Gasteiger partial charge >= 0.3 is 0 Å². The van der Waals surface area contributed by atoms with Gasteiger partial charge in [0.25, 0.3) is 0 Å². The van der Waals surface area contributed by atoms with E-state index in [0.717, 1.165) is 0 Å². The van der Waals surface area contributed by atoms with Gasteiger partial charge in [0.1, 0.15) is 5.82 Å². The maximum Gasteiger partial charge on any atom is 0.230 e. The molecule has 1 aromatic rings. The molecule has 2 rings (SSSR count). The SMILES string of the molecule is O=C1CC(C(=O)Nc2ccccn2)CN1. The fourth-order valence-electron chi connectivity index (χ4n) is 1.46. The van der Waals surface area contributed by atoms with Crippen molar-refractivity contribution in [2.75, 3.05) is 11.9 Å². The van der Waals surface area contributed by atoms with E-state index < -0.39 is 0 Å². The van der Waals surface area contributed by atoms with Crippen molar-refractivity contribution in [1.29, 1.82) is 0 Å².